The molecule has 0 spiro atoms. The van der Waals surface area contributed by atoms with Gasteiger partial charge in [-0.05, 0) is 20.8 Å². The van der Waals surface area contributed by atoms with Gasteiger partial charge in [-0.25, -0.2) is 9.18 Å². The topological polar surface area (TPSA) is 49.8 Å². The van der Waals surface area contributed by atoms with Gasteiger partial charge in [0, 0.05) is 6.42 Å². The van der Waals surface area contributed by atoms with E-state index in [-0.39, 0.29) is 19.6 Å². The monoisotopic (exact) mass is 219 g/mol. The highest BCUT2D eigenvalue weighted by atomic mass is 19.1. The van der Waals surface area contributed by atoms with Crippen LogP contribution in [0.3, 0.4) is 0 Å². The molecule has 1 saturated heterocycles. The minimum atomic E-state index is -1.06. The number of nitrogens with zero attached hydrogens (tertiary/aromatic N) is 1. The molecule has 1 aliphatic heterocycles. The average molecular weight is 219 g/mol. The number of rotatable bonds is 1. The number of aliphatic hydroxyl groups excluding tert-OH is 1. The number of carbonyl (C=O) groups excluding carboxylic acids is 1. The van der Waals surface area contributed by atoms with Gasteiger partial charge in [0.1, 0.15) is 11.8 Å². The number of amides is 1. The van der Waals surface area contributed by atoms with E-state index < -0.39 is 23.9 Å². The Hall–Kier alpha value is -0.840. The summed E-state index contributed by atoms with van der Waals surface area (Å²) in [6, 6.07) is -0.449. The second-order valence-corrected chi connectivity index (χ2v) is 4.80. The molecule has 0 aromatic rings. The van der Waals surface area contributed by atoms with E-state index in [4.69, 9.17) is 9.84 Å². The molecule has 88 valence electrons. The number of hydrogen-bond acceptors (Lipinski definition) is 3. The molecule has 5 heteroatoms. The second-order valence-electron chi connectivity index (χ2n) is 4.80. The number of halogens is 1. The van der Waals surface area contributed by atoms with Crippen LogP contribution in [0, 0.1) is 0 Å². The molecule has 1 rings (SSSR count). The first-order valence-corrected chi connectivity index (χ1v) is 5.08. The summed E-state index contributed by atoms with van der Waals surface area (Å²) in [7, 11) is 0. The number of alkyl halides is 1. The normalized spacial score (nSPS) is 26.9. The standard InChI is InChI=1S/C10H18FNO3/c1-10(2,3)15-9(14)12-5-7(11)4-8(12)6-13/h7-8,13H,4-6H2,1-3H3/t7-,8?/m1/s1. The Morgan fingerprint density at radius 2 is 2.20 bits per heavy atom. The van der Waals surface area contributed by atoms with E-state index in [0.29, 0.717) is 0 Å². The Morgan fingerprint density at radius 1 is 1.60 bits per heavy atom. The third-order valence-electron chi connectivity index (χ3n) is 2.20. The highest BCUT2D eigenvalue weighted by Crippen LogP contribution is 2.22. The van der Waals surface area contributed by atoms with Crippen LogP contribution in [0.4, 0.5) is 9.18 Å². The highest BCUT2D eigenvalue weighted by molar-refractivity contribution is 5.69. The molecule has 1 fully saturated rings. The number of aliphatic hydroxyl groups is 1. The van der Waals surface area contributed by atoms with E-state index >= 15 is 0 Å². The number of ether oxygens (including phenoxy) is 1. The largest absolute Gasteiger partial charge is 0.444 e. The first-order chi connectivity index (χ1) is 6.83. The fourth-order valence-electron chi connectivity index (χ4n) is 1.58. The Bertz CT molecular complexity index is 239. The Balaban J connectivity index is 2.59. The zero-order chi connectivity index (χ0) is 11.6. The number of likely N-dealkylation sites (tertiary alicyclic amines) is 1. The lowest BCUT2D eigenvalue weighted by atomic mass is 10.2. The van der Waals surface area contributed by atoms with Gasteiger partial charge in [0.2, 0.25) is 0 Å². The molecule has 0 saturated carbocycles. The van der Waals surface area contributed by atoms with Crippen molar-refractivity contribution >= 4 is 6.09 Å². The molecule has 15 heavy (non-hydrogen) atoms. The predicted octanol–water partition coefficient (Wildman–Crippen LogP) is 1.33. The summed E-state index contributed by atoms with van der Waals surface area (Å²) in [5.74, 6) is 0. The van der Waals surface area contributed by atoms with Crippen molar-refractivity contribution < 1.29 is 19.0 Å². The van der Waals surface area contributed by atoms with Crippen molar-refractivity contribution in [2.24, 2.45) is 0 Å². The third kappa shape index (κ3) is 3.34. The fourth-order valence-corrected chi connectivity index (χ4v) is 1.58. The molecule has 0 aliphatic carbocycles. The summed E-state index contributed by atoms with van der Waals surface area (Å²) in [6.45, 7) is 5.05. The lowest BCUT2D eigenvalue weighted by Crippen LogP contribution is -2.41. The zero-order valence-electron chi connectivity index (χ0n) is 9.36. The van der Waals surface area contributed by atoms with Gasteiger partial charge in [0.05, 0.1) is 19.2 Å². The number of hydrogen-bond donors (Lipinski definition) is 1. The van der Waals surface area contributed by atoms with Crippen LogP contribution in [-0.2, 0) is 4.74 Å². The maximum Gasteiger partial charge on any atom is 0.410 e. The molecule has 1 heterocycles. The van der Waals surface area contributed by atoms with Crippen molar-refractivity contribution in [2.75, 3.05) is 13.2 Å². The molecule has 1 amide bonds. The van der Waals surface area contributed by atoms with Gasteiger partial charge in [-0.15, -0.1) is 0 Å². The molecule has 2 atom stereocenters. The molecule has 1 unspecified atom stereocenters. The van der Waals surface area contributed by atoms with Crippen LogP contribution in [-0.4, -0.2) is 47.1 Å². The smallest absolute Gasteiger partial charge is 0.410 e. The van der Waals surface area contributed by atoms with E-state index in [0.717, 1.165) is 0 Å². The molecular formula is C10H18FNO3. The fraction of sp³-hybridized carbons (Fsp3) is 0.900. The van der Waals surface area contributed by atoms with Gasteiger partial charge in [-0.3, -0.25) is 4.90 Å². The molecule has 1 aliphatic rings. The van der Waals surface area contributed by atoms with Gasteiger partial charge in [-0.1, -0.05) is 0 Å². The van der Waals surface area contributed by atoms with E-state index in [1.165, 1.54) is 4.90 Å². The Labute approximate surface area is 89.0 Å². The first-order valence-electron chi connectivity index (χ1n) is 5.08. The van der Waals surface area contributed by atoms with Crippen LogP contribution in [0.2, 0.25) is 0 Å². The van der Waals surface area contributed by atoms with Crippen molar-refractivity contribution in [1.29, 1.82) is 0 Å². The SMILES string of the molecule is CC(C)(C)OC(=O)N1C[C@H](F)CC1CO. The summed E-state index contributed by atoms with van der Waals surface area (Å²) in [5, 5.41) is 8.99. The van der Waals surface area contributed by atoms with E-state index in [1.807, 2.05) is 0 Å². The molecule has 4 nitrogen and oxygen atoms in total. The van der Waals surface area contributed by atoms with E-state index in [9.17, 15) is 9.18 Å². The minimum Gasteiger partial charge on any atom is -0.444 e. The van der Waals surface area contributed by atoms with Crippen LogP contribution >= 0.6 is 0 Å². The predicted molar refractivity (Wildman–Crippen MR) is 53.3 cm³/mol. The maximum absolute atomic E-state index is 13.0. The van der Waals surface area contributed by atoms with Crippen LogP contribution in [0.25, 0.3) is 0 Å². The second kappa shape index (κ2) is 4.35. The summed E-state index contributed by atoms with van der Waals surface area (Å²) in [6.07, 6.45) is -1.42. The van der Waals surface area contributed by atoms with E-state index in [1.54, 1.807) is 20.8 Å². The summed E-state index contributed by atoms with van der Waals surface area (Å²) < 4.78 is 18.2. The summed E-state index contributed by atoms with van der Waals surface area (Å²) in [4.78, 5) is 12.9. The third-order valence-corrected chi connectivity index (χ3v) is 2.20. The highest BCUT2D eigenvalue weighted by Gasteiger charge is 2.37. The van der Waals surface area contributed by atoms with Crippen LogP contribution < -0.4 is 0 Å². The molecule has 0 aromatic carbocycles. The van der Waals surface area contributed by atoms with Gasteiger partial charge >= 0.3 is 6.09 Å². The van der Waals surface area contributed by atoms with Crippen LogP contribution in [0.15, 0.2) is 0 Å². The first kappa shape index (κ1) is 12.2. The molecule has 0 aromatic heterocycles. The quantitative estimate of drug-likeness (QED) is 0.723. The number of carbonyl (C=O) groups is 1. The van der Waals surface area contributed by atoms with Gasteiger partial charge in [0.25, 0.3) is 0 Å². The average Bonchev–Trinajstić information content (AvgIpc) is 2.43. The van der Waals surface area contributed by atoms with E-state index in [2.05, 4.69) is 0 Å². The van der Waals surface area contributed by atoms with Crippen molar-refractivity contribution in [1.82, 2.24) is 4.90 Å². The minimum absolute atomic E-state index is 0.0140. The summed E-state index contributed by atoms with van der Waals surface area (Å²) >= 11 is 0. The Kier molecular flexibility index (Phi) is 3.54. The summed E-state index contributed by atoms with van der Waals surface area (Å²) in [5.41, 5.74) is -0.592. The molecule has 1 N–H and O–H groups in total. The lowest BCUT2D eigenvalue weighted by molar-refractivity contribution is 0.0170. The maximum atomic E-state index is 13.0. The molecular weight excluding hydrogens is 201 g/mol. The molecule has 0 radical (unpaired) electrons. The lowest BCUT2D eigenvalue weighted by Gasteiger charge is -2.27. The van der Waals surface area contributed by atoms with Crippen molar-refractivity contribution in [3.8, 4) is 0 Å². The van der Waals surface area contributed by atoms with Gasteiger partial charge in [-0.2, -0.15) is 0 Å². The van der Waals surface area contributed by atoms with Gasteiger partial charge < -0.3 is 9.84 Å². The van der Waals surface area contributed by atoms with Crippen molar-refractivity contribution in [3.05, 3.63) is 0 Å². The Morgan fingerprint density at radius 3 is 2.67 bits per heavy atom. The van der Waals surface area contributed by atoms with Crippen molar-refractivity contribution in [2.45, 2.75) is 45.0 Å². The van der Waals surface area contributed by atoms with Crippen LogP contribution in [0.1, 0.15) is 27.2 Å². The van der Waals surface area contributed by atoms with Gasteiger partial charge in [0.15, 0.2) is 0 Å². The van der Waals surface area contributed by atoms with Crippen LogP contribution in [0.5, 0.6) is 0 Å². The molecule has 0 bridgehead atoms. The van der Waals surface area contributed by atoms with Crippen molar-refractivity contribution in [3.63, 3.8) is 0 Å². The zero-order valence-corrected chi connectivity index (χ0v) is 9.36.